The first-order chi connectivity index (χ1) is 10.6. The van der Waals surface area contributed by atoms with Gasteiger partial charge in [0.15, 0.2) is 0 Å². The average Bonchev–Trinajstić information content (AvgIpc) is 2.98. The summed E-state index contributed by atoms with van der Waals surface area (Å²) < 4.78 is 0. The monoisotopic (exact) mass is 298 g/mol. The Morgan fingerprint density at radius 1 is 1.27 bits per heavy atom. The van der Waals surface area contributed by atoms with Gasteiger partial charge in [0.1, 0.15) is 0 Å². The first-order valence-corrected chi connectivity index (χ1v) is 7.64. The third-order valence-electron chi connectivity index (χ3n) is 4.34. The highest BCUT2D eigenvalue weighted by Gasteiger charge is 2.23. The van der Waals surface area contributed by atoms with E-state index >= 15 is 0 Å². The molecule has 0 amide bonds. The molecule has 22 heavy (non-hydrogen) atoms. The van der Waals surface area contributed by atoms with E-state index in [9.17, 15) is 4.79 Å². The van der Waals surface area contributed by atoms with Crippen LogP contribution in [0.25, 0.3) is 11.1 Å². The second kappa shape index (κ2) is 6.42. The number of H-pyrrole nitrogens is 1. The largest absolute Gasteiger partial charge is 0.344 e. The van der Waals surface area contributed by atoms with Gasteiger partial charge in [-0.3, -0.25) is 4.90 Å². The molecule has 0 bridgehead atoms. The van der Waals surface area contributed by atoms with Crippen LogP contribution < -0.4 is 5.69 Å². The summed E-state index contributed by atoms with van der Waals surface area (Å²) in [6, 6.07) is 9.16. The number of rotatable bonds is 4. The van der Waals surface area contributed by atoms with Crippen LogP contribution in [0.5, 0.6) is 0 Å². The van der Waals surface area contributed by atoms with Crippen LogP contribution in [0.3, 0.4) is 0 Å². The lowest BCUT2D eigenvalue weighted by Crippen LogP contribution is -2.31. The molecular weight excluding hydrogens is 276 g/mol. The molecule has 1 fully saturated rings. The molecule has 5 nitrogen and oxygen atoms in total. The highest BCUT2D eigenvalue weighted by molar-refractivity contribution is 5.61. The fourth-order valence-corrected chi connectivity index (χ4v) is 2.94. The van der Waals surface area contributed by atoms with Crippen LogP contribution in [0.4, 0.5) is 0 Å². The maximum Gasteiger partial charge on any atom is 0.344 e. The Balaban J connectivity index is 1.65. The van der Waals surface area contributed by atoms with E-state index in [1.54, 1.807) is 12.4 Å². The van der Waals surface area contributed by atoms with Gasteiger partial charge in [0, 0.05) is 43.6 Å². The summed E-state index contributed by atoms with van der Waals surface area (Å²) in [5.41, 5.74) is 3.01. The number of likely N-dealkylation sites (N-methyl/N-ethyl adjacent to an activating group) is 1. The van der Waals surface area contributed by atoms with E-state index in [2.05, 4.69) is 58.1 Å². The van der Waals surface area contributed by atoms with E-state index in [4.69, 9.17) is 0 Å². The van der Waals surface area contributed by atoms with E-state index in [-0.39, 0.29) is 5.69 Å². The Hall–Kier alpha value is -1.98. The molecule has 1 aliphatic heterocycles. The molecule has 0 radical (unpaired) electrons. The van der Waals surface area contributed by atoms with Crippen molar-refractivity contribution in [3.63, 3.8) is 0 Å². The fourth-order valence-electron chi connectivity index (χ4n) is 2.94. The van der Waals surface area contributed by atoms with Crippen LogP contribution >= 0.6 is 0 Å². The second-order valence-corrected chi connectivity index (χ2v) is 6.15. The predicted octanol–water partition coefficient (Wildman–Crippen LogP) is 1.57. The van der Waals surface area contributed by atoms with Crippen LogP contribution in [-0.2, 0) is 6.54 Å². The van der Waals surface area contributed by atoms with Crippen LogP contribution in [0.15, 0.2) is 41.5 Å². The van der Waals surface area contributed by atoms with Gasteiger partial charge in [-0.1, -0.05) is 24.3 Å². The van der Waals surface area contributed by atoms with E-state index in [1.807, 2.05) is 0 Å². The first kappa shape index (κ1) is 14.9. The zero-order valence-electron chi connectivity index (χ0n) is 13.1. The van der Waals surface area contributed by atoms with Gasteiger partial charge in [-0.2, -0.15) is 0 Å². The van der Waals surface area contributed by atoms with Crippen molar-refractivity contribution in [2.45, 2.75) is 19.0 Å². The van der Waals surface area contributed by atoms with Gasteiger partial charge >= 0.3 is 5.69 Å². The predicted molar refractivity (Wildman–Crippen MR) is 87.7 cm³/mol. The maximum absolute atomic E-state index is 11.0. The Morgan fingerprint density at radius 3 is 2.64 bits per heavy atom. The number of hydrogen-bond donors (Lipinski definition) is 1. The zero-order valence-corrected chi connectivity index (χ0v) is 13.1. The van der Waals surface area contributed by atoms with Crippen LogP contribution in [0, 0.1) is 0 Å². The summed E-state index contributed by atoms with van der Waals surface area (Å²) in [5, 5.41) is 0. The minimum atomic E-state index is -0.315. The molecule has 1 unspecified atom stereocenters. The van der Waals surface area contributed by atoms with Crippen molar-refractivity contribution in [3.8, 4) is 11.1 Å². The molecule has 3 rings (SSSR count). The van der Waals surface area contributed by atoms with Gasteiger partial charge in [0.2, 0.25) is 0 Å². The number of hydrogen-bond acceptors (Lipinski definition) is 4. The van der Waals surface area contributed by atoms with Crippen LogP contribution in [-0.4, -0.2) is 53.0 Å². The summed E-state index contributed by atoms with van der Waals surface area (Å²) in [4.78, 5) is 22.2. The quantitative estimate of drug-likeness (QED) is 0.931. The van der Waals surface area contributed by atoms with E-state index in [0.717, 1.165) is 30.8 Å². The molecular formula is C17H22N4O. The first-order valence-electron chi connectivity index (χ1n) is 7.64. The lowest BCUT2D eigenvalue weighted by Gasteiger charge is -2.20. The Morgan fingerprint density at radius 2 is 2.05 bits per heavy atom. The summed E-state index contributed by atoms with van der Waals surface area (Å²) in [6.45, 7) is 3.29. The molecule has 2 aromatic rings. The lowest BCUT2D eigenvalue weighted by atomic mass is 10.1. The van der Waals surface area contributed by atoms with Crippen molar-refractivity contribution in [2.24, 2.45) is 0 Å². The summed E-state index contributed by atoms with van der Waals surface area (Å²) in [7, 11) is 4.31. The van der Waals surface area contributed by atoms with Gasteiger partial charge in [0.05, 0.1) is 0 Å². The molecule has 1 N–H and O–H groups in total. The third kappa shape index (κ3) is 3.43. The minimum Gasteiger partial charge on any atom is -0.312 e. The number of nitrogens with zero attached hydrogens (tertiary/aromatic N) is 3. The lowest BCUT2D eigenvalue weighted by molar-refractivity contribution is 0.264. The molecule has 1 aromatic carbocycles. The molecule has 1 atom stereocenters. The molecule has 2 heterocycles. The molecule has 1 aromatic heterocycles. The van der Waals surface area contributed by atoms with Crippen molar-refractivity contribution in [1.29, 1.82) is 0 Å². The molecule has 116 valence electrons. The van der Waals surface area contributed by atoms with Crippen molar-refractivity contribution >= 4 is 0 Å². The van der Waals surface area contributed by atoms with E-state index in [1.165, 1.54) is 12.0 Å². The summed E-state index contributed by atoms with van der Waals surface area (Å²) in [5.74, 6) is 0. The second-order valence-electron chi connectivity index (χ2n) is 6.15. The van der Waals surface area contributed by atoms with Crippen molar-refractivity contribution in [2.75, 3.05) is 27.2 Å². The Bertz CT molecular complexity index is 657. The number of benzene rings is 1. The number of likely N-dealkylation sites (tertiary alicyclic amines) is 1. The zero-order chi connectivity index (χ0) is 15.5. The highest BCUT2D eigenvalue weighted by Crippen LogP contribution is 2.20. The molecule has 0 aliphatic carbocycles. The van der Waals surface area contributed by atoms with Crippen molar-refractivity contribution < 1.29 is 0 Å². The van der Waals surface area contributed by atoms with Crippen LogP contribution in [0.1, 0.15) is 12.0 Å². The topological polar surface area (TPSA) is 52.2 Å². The van der Waals surface area contributed by atoms with Gasteiger partial charge in [-0.25, -0.2) is 9.78 Å². The van der Waals surface area contributed by atoms with E-state index < -0.39 is 0 Å². The normalized spacial score (nSPS) is 19.0. The fraction of sp³-hybridized carbons (Fsp3) is 0.412. The van der Waals surface area contributed by atoms with Crippen molar-refractivity contribution in [1.82, 2.24) is 19.8 Å². The minimum absolute atomic E-state index is 0.315. The SMILES string of the molecule is CN(C)C1CCN(Cc2ccc(-c3cnc(=O)[nH]c3)cc2)C1. The standard InChI is InChI=1S/C17H22N4O/c1-20(2)16-7-8-21(12-16)11-13-3-5-14(6-4-13)15-9-18-17(22)19-10-15/h3-6,9-10,16H,7-8,11-12H2,1-2H3,(H,18,19,22). The average molecular weight is 298 g/mol. The number of aromatic nitrogens is 2. The molecule has 5 heteroatoms. The number of nitrogens with one attached hydrogen (secondary N) is 1. The molecule has 1 saturated heterocycles. The summed E-state index contributed by atoms with van der Waals surface area (Å²) >= 11 is 0. The highest BCUT2D eigenvalue weighted by atomic mass is 16.1. The van der Waals surface area contributed by atoms with Gasteiger partial charge in [0.25, 0.3) is 0 Å². The Labute approximate surface area is 130 Å². The van der Waals surface area contributed by atoms with Crippen molar-refractivity contribution in [3.05, 3.63) is 52.7 Å². The van der Waals surface area contributed by atoms with E-state index in [0.29, 0.717) is 6.04 Å². The smallest absolute Gasteiger partial charge is 0.312 e. The maximum atomic E-state index is 11.0. The van der Waals surface area contributed by atoms with Gasteiger partial charge in [-0.15, -0.1) is 0 Å². The molecule has 0 spiro atoms. The molecule has 0 saturated carbocycles. The van der Waals surface area contributed by atoms with Gasteiger partial charge in [-0.05, 0) is 31.6 Å². The molecule has 1 aliphatic rings. The number of aromatic amines is 1. The van der Waals surface area contributed by atoms with Gasteiger partial charge < -0.3 is 9.88 Å². The van der Waals surface area contributed by atoms with Crippen LogP contribution in [0.2, 0.25) is 0 Å². The Kier molecular flexibility index (Phi) is 4.36. The third-order valence-corrected chi connectivity index (χ3v) is 4.34. The summed E-state index contributed by atoms with van der Waals surface area (Å²) in [6.07, 6.45) is 4.55.